The molecule has 0 N–H and O–H groups in total. The molecule has 1 aromatic heterocycles. The molecule has 1 aromatic rings. The van der Waals surface area contributed by atoms with Crippen molar-refractivity contribution >= 4 is 30.2 Å². The van der Waals surface area contributed by atoms with Gasteiger partial charge in [-0.15, -0.1) is 0 Å². The molecule has 0 aromatic carbocycles. The Morgan fingerprint density at radius 2 is 1.85 bits per heavy atom. The first kappa shape index (κ1) is 15.3. The molecule has 0 atom stereocenters. The van der Waals surface area contributed by atoms with Crippen molar-refractivity contribution in [3.63, 3.8) is 0 Å². The molecule has 20 heavy (non-hydrogen) atoms. The fourth-order valence-corrected chi connectivity index (χ4v) is 2.01. The zero-order valence-corrected chi connectivity index (χ0v) is 12.9. The molecule has 0 unspecified atom stereocenters. The summed E-state index contributed by atoms with van der Waals surface area (Å²) >= 11 is 5.90. The number of ether oxygens (including phenoxy) is 1. The second-order valence-electron chi connectivity index (χ2n) is 5.69. The number of hydrogen-bond acceptors (Lipinski definition) is 5. The van der Waals surface area contributed by atoms with Crippen LogP contribution in [0.4, 0.5) is 0 Å². The lowest BCUT2D eigenvalue weighted by Crippen LogP contribution is -2.41. The highest BCUT2D eigenvalue weighted by atomic mass is 35.5. The van der Waals surface area contributed by atoms with Crippen LogP contribution >= 0.6 is 11.6 Å². The zero-order chi connectivity index (χ0) is 15.1. The predicted molar refractivity (Wildman–Crippen MR) is 76.3 cm³/mol. The van der Waals surface area contributed by atoms with E-state index < -0.39 is 24.3 Å². The molecule has 5 nitrogen and oxygen atoms in total. The highest BCUT2D eigenvalue weighted by Gasteiger charge is 2.52. The van der Waals surface area contributed by atoms with E-state index in [2.05, 4.69) is 9.72 Å². The number of hydrogen-bond donors (Lipinski definition) is 0. The Kier molecular flexibility index (Phi) is 3.84. The summed E-state index contributed by atoms with van der Waals surface area (Å²) < 4.78 is 16.5. The third-order valence-corrected chi connectivity index (χ3v) is 4.09. The Bertz CT molecular complexity index is 531. The Balaban J connectivity index is 2.34. The quantitative estimate of drug-likeness (QED) is 0.473. The summed E-state index contributed by atoms with van der Waals surface area (Å²) in [5, 5.41) is 0.0946. The van der Waals surface area contributed by atoms with Crippen LogP contribution in [0.1, 0.15) is 38.1 Å². The minimum Gasteiger partial charge on any atom is -0.465 e. The van der Waals surface area contributed by atoms with Crippen molar-refractivity contribution in [3.8, 4) is 0 Å². The Morgan fingerprint density at radius 1 is 1.30 bits per heavy atom. The second kappa shape index (κ2) is 5.02. The smallest absolute Gasteiger partial charge is 0.465 e. The Labute approximate surface area is 123 Å². The molecule has 1 saturated heterocycles. The molecule has 1 fully saturated rings. The number of pyridine rings is 1. The van der Waals surface area contributed by atoms with Crippen LogP contribution in [0, 0.1) is 0 Å². The van der Waals surface area contributed by atoms with Gasteiger partial charge in [0.2, 0.25) is 0 Å². The molecular weight excluding hydrogens is 280 g/mol. The summed E-state index contributed by atoms with van der Waals surface area (Å²) in [4.78, 5) is 15.6. The minimum absolute atomic E-state index is 0.0946. The third-order valence-electron chi connectivity index (χ3n) is 3.79. The van der Waals surface area contributed by atoms with E-state index in [0.717, 1.165) is 0 Å². The normalized spacial score (nSPS) is 20.0. The van der Waals surface area contributed by atoms with Crippen LogP contribution in [-0.2, 0) is 14.0 Å². The van der Waals surface area contributed by atoms with Gasteiger partial charge in [-0.3, -0.25) is 0 Å². The molecule has 1 aliphatic rings. The van der Waals surface area contributed by atoms with Gasteiger partial charge in [0.1, 0.15) is 5.15 Å². The average Bonchev–Trinajstić information content (AvgIpc) is 2.58. The number of rotatable bonds is 2. The van der Waals surface area contributed by atoms with E-state index in [1.165, 1.54) is 13.3 Å². The maximum absolute atomic E-state index is 11.6. The lowest BCUT2D eigenvalue weighted by molar-refractivity contribution is 0.00578. The van der Waals surface area contributed by atoms with Crippen molar-refractivity contribution in [2.75, 3.05) is 7.11 Å². The van der Waals surface area contributed by atoms with E-state index in [4.69, 9.17) is 20.9 Å². The first-order valence-electron chi connectivity index (χ1n) is 6.27. The summed E-state index contributed by atoms with van der Waals surface area (Å²) in [6, 6.07) is 1.59. The Hall–Kier alpha value is -1.11. The van der Waals surface area contributed by atoms with Gasteiger partial charge >= 0.3 is 13.1 Å². The topological polar surface area (TPSA) is 57.7 Å². The largest absolute Gasteiger partial charge is 0.496 e. The molecule has 2 rings (SSSR count). The number of esters is 1. The minimum atomic E-state index is -0.590. The fourth-order valence-electron chi connectivity index (χ4n) is 1.83. The van der Waals surface area contributed by atoms with Gasteiger partial charge in [-0.25, -0.2) is 9.78 Å². The Morgan fingerprint density at radius 3 is 2.35 bits per heavy atom. The number of aromatic nitrogens is 1. The molecule has 0 amide bonds. The van der Waals surface area contributed by atoms with Gasteiger partial charge in [-0.05, 0) is 33.8 Å². The number of carbonyl (C=O) groups is 1. The summed E-state index contributed by atoms with van der Waals surface area (Å²) in [7, 11) is 0.702. The van der Waals surface area contributed by atoms with Gasteiger partial charge in [0, 0.05) is 11.7 Å². The molecule has 2 heterocycles. The second-order valence-corrected chi connectivity index (χ2v) is 6.04. The molecule has 0 spiro atoms. The lowest BCUT2D eigenvalue weighted by Gasteiger charge is -2.32. The summed E-state index contributed by atoms with van der Waals surface area (Å²) in [5.74, 6) is -0.541. The highest BCUT2D eigenvalue weighted by molar-refractivity contribution is 6.62. The molecule has 1 aliphatic heterocycles. The molecular formula is C13H17BClNO4. The van der Waals surface area contributed by atoms with Crippen molar-refractivity contribution < 1.29 is 18.8 Å². The van der Waals surface area contributed by atoms with Gasteiger partial charge in [0.15, 0.2) is 0 Å². The third kappa shape index (κ3) is 2.55. The summed E-state index contributed by atoms with van der Waals surface area (Å²) in [6.45, 7) is 7.82. The van der Waals surface area contributed by atoms with E-state index in [9.17, 15) is 4.79 Å². The number of carbonyl (C=O) groups excluding carboxylic acids is 1. The monoisotopic (exact) mass is 297 g/mol. The van der Waals surface area contributed by atoms with Gasteiger partial charge in [-0.1, -0.05) is 11.6 Å². The van der Waals surface area contributed by atoms with E-state index in [1.807, 2.05) is 27.7 Å². The SMILES string of the molecule is COC(=O)c1cc(B2OC(C)(C)C(C)(C)O2)cnc1Cl. The van der Waals surface area contributed by atoms with Crippen LogP contribution < -0.4 is 5.46 Å². The van der Waals surface area contributed by atoms with Crippen LogP contribution in [0.2, 0.25) is 5.15 Å². The maximum atomic E-state index is 11.6. The van der Waals surface area contributed by atoms with Crippen LogP contribution in [0.25, 0.3) is 0 Å². The van der Waals surface area contributed by atoms with Gasteiger partial charge in [0.05, 0.1) is 23.9 Å². The number of methoxy groups -OCH3 is 1. The predicted octanol–water partition coefficient (Wildman–Crippen LogP) is 1.82. The standard InChI is InChI=1S/C13H17BClNO4/c1-12(2)13(3,4)20-14(19-12)8-6-9(11(17)18-5)10(15)16-7-8/h6-7H,1-5H3. The van der Waals surface area contributed by atoms with E-state index in [1.54, 1.807) is 6.07 Å². The molecule has 0 aliphatic carbocycles. The van der Waals surface area contributed by atoms with E-state index in [-0.39, 0.29) is 10.7 Å². The lowest BCUT2D eigenvalue weighted by atomic mass is 9.80. The first-order chi connectivity index (χ1) is 9.18. The van der Waals surface area contributed by atoms with E-state index >= 15 is 0 Å². The van der Waals surface area contributed by atoms with Crippen LogP contribution in [-0.4, -0.2) is 36.4 Å². The molecule has 108 valence electrons. The maximum Gasteiger partial charge on any atom is 0.496 e. The van der Waals surface area contributed by atoms with Crippen molar-refractivity contribution in [2.24, 2.45) is 0 Å². The molecule has 7 heteroatoms. The van der Waals surface area contributed by atoms with Crippen molar-refractivity contribution in [3.05, 3.63) is 23.0 Å². The summed E-state index contributed by atoms with van der Waals surface area (Å²) in [6.07, 6.45) is 1.54. The van der Waals surface area contributed by atoms with Crippen molar-refractivity contribution in [1.29, 1.82) is 0 Å². The number of nitrogens with zero attached hydrogens (tertiary/aromatic N) is 1. The van der Waals surface area contributed by atoms with Crippen LogP contribution in [0.3, 0.4) is 0 Å². The highest BCUT2D eigenvalue weighted by Crippen LogP contribution is 2.36. The van der Waals surface area contributed by atoms with Crippen LogP contribution in [0.15, 0.2) is 12.3 Å². The molecule has 0 saturated carbocycles. The van der Waals surface area contributed by atoms with Gasteiger partial charge in [-0.2, -0.15) is 0 Å². The van der Waals surface area contributed by atoms with Gasteiger partial charge < -0.3 is 14.0 Å². The van der Waals surface area contributed by atoms with E-state index in [0.29, 0.717) is 5.46 Å². The molecule has 0 radical (unpaired) electrons. The average molecular weight is 298 g/mol. The zero-order valence-electron chi connectivity index (χ0n) is 12.2. The number of halogens is 1. The van der Waals surface area contributed by atoms with Crippen molar-refractivity contribution in [2.45, 2.75) is 38.9 Å². The van der Waals surface area contributed by atoms with Crippen molar-refractivity contribution in [1.82, 2.24) is 4.98 Å². The molecule has 0 bridgehead atoms. The fraction of sp³-hybridized carbons (Fsp3) is 0.538. The summed E-state index contributed by atoms with van der Waals surface area (Å²) in [5.41, 5.74) is -0.0827. The van der Waals surface area contributed by atoms with Gasteiger partial charge in [0.25, 0.3) is 0 Å². The van der Waals surface area contributed by atoms with Crippen LogP contribution in [0.5, 0.6) is 0 Å². The first-order valence-corrected chi connectivity index (χ1v) is 6.65.